The van der Waals surface area contributed by atoms with Crippen molar-refractivity contribution in [3.05, 3.63) is 12.2 Å². The van der Waals surface area contributed by atoms with Crippen molar-refractivity contribution in [2.75, 3.05) is 0 Å². The third kappa shape index (κ3) is 1.86. The van der Waals surface area contributed by atoms with E-state index < -0.39 is 0 Å². The average molecular weight is 137 g/mol. The topological polar surface area (TPSA) is 0 Å². The quantitative estimate of drug-likeness (QED) is 0.481. The fourth-order valence-electron chi connectivity index (χ4n) is 1.49. The second kappa shape index (κ2) is 2.77. The predicted molar refractivity (Wildman–Crippen MR) is 44.6 cm³/mol. The van der Waals surface area contributed by atoms with E-state index in [-0.39, 0.29) is 0 Å². The molecule has 57 valence electrons. The maximum Gasteiger partial charge on any atom is -0.0276 e. The van der Waals surface area contributed by atoms with Crippen LogP contribution in [0.1, 0.15) is 40.0 Å². The van der Waals surface area contributed by atoms with Crippen LogP contribution >= 0.6 is 0 Å². The molecule has 0 aromatic carbocycles. The molecule has 0 nitrogen and oxygen atoms in total. The van der Waals surface area contributed by atoms with Gasteiger partial charge in [0.2, 0.25) is 0 Å². The fraction of sp³-hybridized carbons (Fsp3) is 0.800. The van der Waals surface area contributed by atoms with Crippen molar-refractivity contribution >= 4 is 0 Å². The third-order valence-electron chi connectivity index (χ3n) is 2.41. The number of hydrogen-bond donors (Lipinski definition) is 0. The molecule has 1 radical (unpaired) electrons. The number of hydrogen-bond acceptors (Lipinski definition) is 0. The SMILES string of the molecule is CC(C)(C)[C@H]1CC=[C]CC1. The Morgan fingerprint density at radius 1 is 1.40 bits per heavy atom. The summed E-state index contributed by atoms with van der Waals surface area (Å²) in [6, 6.07) is 0. The standard InChI is InChI=1S/C10H17/c1-10(2,3)9-7-5-4-6-8-9/h5,9H,6-8H2,1-3H3/t9-/m0/s1. The molecule has 0 heterocycles. The summed E-state index contributed by atoms with van der Waals surface area (Å²) in [5, 5.41) is 0. The zero-order chi connectivity index (χ0) is 7.61. The minimum Gasteiger partial charge on any atom is -0.0808 e. The van der Waals surface area contributed by atoms with Crippen molar-refractivity contribution in [2.45, 2.75) is 40.0 Å². The van der Waals surface area contributed by atoms with Gasteiger partial charge in [-0.15, -0.1) is 0 Å². The van der Waals surface area contributed by atoms with Crippen LogP contribution in [0.5, 0.6) is 0 Å². The summed E-state index contributed by atoms with van der Waals surface area (Å²) in [5.41, 5.74) is 0.499. The molecule has 0 aromatic rings. The van der Waals surface area contributed by atoms with E-state index in [0.717, 1.165) is 5.92 Å². The van der Waals surface area contributed by atoms with Crippen LogP contribution in [0.15, 0.2) is 6.08 Å². The molecule has 0 saturated heterocycles. The van der Waals surface area contributed by atoms with Crippen molar-refractivity contribution < 1.29 is 0 Å². The molecule has 0 spiro atoms. The molecule has 0 aromatic heterocycles. The molecule has 1 aliphatic rings. The van der Waals surface area contributed by atoms with Crippen molar-refractivity contribution in [1.82, 2.24) is 0 Å². The van der Waals surface area contributed by atoms with Crippen LogP contribution in [-0.4, -0.2) is 0 Å². The van der Waals surface area contributed by atoms with Gasteiger partial charge < -0.3 is 0 Å². The summed E-state index contributed by atoms with van der Waals surface area (Å²) in [6.07, 6.45) is 9.21. The molecule has 1 aliphatic carbocycles. The van der Waals surface area contributed by atoms with Crippen LogP contribution in [0, 0.1) is 17.4 Å². The van der Waals surface area contributed by atoms with Gasteiger partial charge in [0, 0.05) is 0 Å². The average Bonchev–Trinajstić information content (AvgIpc) is 1.88. The van der Waals surface area contributed by atoms with Crippen LogP contribution in [0.4, 0.5) is 0 Å². The molecule has 1 atom stereocenters. The van der Waals surface area contributed by atoms with Crippen LogP contribution in [0.25, 0.3) is 0 Å². The summed E-state index contributed by atoms with van der Waals surface area (Å²) in [6.45, 7) is 6.99. The Balaban J connectivity index is 2.49. The zero-order valence-electron chi connectivity index (χ0n) is 7.28. The molecule has 0 bridgehead atoms. The van der Waals surface area contributed by atoms with Gasteiger partial charge in [-0.1, -0.05) is 26.8 Å². The van der Waals surface area contributed by atoms with Crippen molar-refractivity contribution in [3.63, 3.8) is 0 Å². The van der Waals surface area contributed by atoms with Crippen LogP contribution in [0.2, 0.25) is 0 Å². The van der Waals surface area contributed by atoms with Gasteiger partial charge in [-0.05, 0) is 36.7 Å². The third-order valence-corrected chi connectivity index (χ3v) is 2.41. The molecule has 0 fully saturated rings. The summed E-state index contributed by atoms with van der Waals surface area (Å²) >= 11 is 0. The summed E-state index contributed by atoms with van der Waals surface area (Å²) in [4.78, 5) is 0. The second-order valence-corrected chi connectivity index (χ2v) is 4.25. The predicted octanol–water partition coefficient (Wildman–Crippen LogP) is 3.19. The highest BCUT2D eigenvalue weighted by Crippen LogP contribution is 2.34. The van der Waals surface area contributed by atoms with E-state index in [1.807, 2.05) is 0 Å². The molecular weight excluding hydrogens is 120 g/mol. The Kier molecular flexibility index (Phi) is 2.18. The lowest BCUT2D eigenvalue weighted by molar-refractivity contribution is 0.222. The Morgan fingerprint density at radius 2 is 2.10 bits per heavy atom. The van der Waals surface area contributed by atoms with Crippen LogP contribution in [-0.2, 0) is 0 Å². The first-order chi connectivity index (χ1) is 4.61. The van der Waals surface area contributed by atoms with Gasteiger partial charge in [0.1, 0.15) is 0 Å². The monoisotopic (exact) mass is 137 g/mol. The molecule has 1 rings (SSSR count). The van der Waals surface area contributed by atoms with Gasteiger partial charge in [0.15, 0.2) is 0 Å². The van der Waals surface area contributed by atoms with Gasteiger partial charge in [0.05, 0.1) is 0 Å². The fourth-order valence-corrected chi connectivity index (χ4v) is 1.49. The first-order valence-electron chi connectivity index (χ1n) is 4.16. The van der Waals surface area contributed by atoms with Gasteiger partial charge in [0.25, 0.3) is 0 Å². The zero-order valence-corrected chi connectivity index (χ0v) is 7.28. The molecule has 0 unspecified atom stereocenters. The summed E-state index contributed by atoms with van der Waals surface area (Å²) in [5.74, 6) is 0.883. The highest BCUT2D eigenvalue weighted by molar-refractivity contribution is 4.88. The molecule has 0 N–H and O–H groups in total. The minimum atomic E-state index is 0.499. The smallest absolute Gasteiger partial charge is 0.0276 e. The highest BCUT2D eigenvalue weighted by atomic mass is 14.3. The lowest BCUT2D eigenvalue weighted by atomic mass is 9.74. The molecule has 0 amide bonds. The van der Waals surface area contributed by atoms with Crippen LogP contribution in [0.3, 0.4) is 0 Å². The van der Waals surface area contributed by atoms with E-state index in [1.165, 1.54) is 19.3 Å². The van der Waals surface area contributed by atoms with Gasteiger partial charge in [-0.2, -0.15) is 0 Å². The lowest BCUT2D eigenvalue weighted by Gasteiger charge is -2.31. The Labute approximate surface area is 64.3 Å². The molecule has 0 heteroatoms. The second-order valence-electron chi connectivity index (χ2n) is 4.25. The van der Waals surface area contributed by atoms with E-state index in [9.17, 15) is 0 Å². The van der Waals surface area contributed by atoms with Crippen molar-refractivity contribution in [2.24, 2.45) is 11.3 Å². The van der Waals surface area contributed by atoms with Gasteiger partial charge in [-0.25, -0.2) is 0 Å². The van der Waals surface area contributed by atoms with E-state index in [0.29, 0.717) is 5.41 Å². The van der Waals surface area contributed by atoms with E-state index in [4.69, 9.17) is 0 Å². The number of allylic oxidation sites excluding steroid dienone is 2. The van der Waals surface area contributed by atoms with Gasteiger partial charge in [-0.3, -0.25) is 0 Å². The normalized spacial score (nSPS) is 26.9. The van der Waals surface area contributed by atoms with E-state index >= 15 is 0 Å². The molecule has 0 saturated carbocycles. The van der Waals surface area contributed by atoms with E-state index in [1.54, 1.807) is 0 Å². The summed E-state index contributed by atoms with van der Waals surface area (Å²) < 4.78 is 0. The highest BCUT2D eigenvalue weighted by Gasteiger charge is 2.23. The molecular formula is C10H17. The maximum atomic E-state index is 3.26. The Hall–Kier alpha value is -0.260. The van der Waals surface area contributed by atoms with Crippen molar-refractivity contribution in [1.29, 1.82) is 0 Å². The van der Waals surface area contributed by atoms with E-state index in [2.05, 4.69) is 32.9 Å². The Morgan fingerprint density at radius 3 is 2.40 bits per heavy atom. The maximum absolute atomic E-state index is 3.26. The van der Waals surface area contributed by atoms with Gasteiger partial charge >= 0.3 is 0 Å². The largest absolute Gasteiger partial charge is 0.0808 e. The van der Waals surface area contributed by atoms with Crippen molar-refractivity contribution in [3.8, 4) is 0 Å². The Bertz CT molecular complexity index is 125. The first kappa shape index (κ1) is 7.84. The van der Waals surface area contributed by atoms with Crippen LogP contribution < -0.4 is 0 Å². The molecule has 0 aliphatic heterocycles. The molecule has 10 heavy (non-hydrogen) atoms. The summed E-state index contributed by atoms with van der Waals surface area (Å²) in [7, 11) is 0. The lowest BCUT2D eigenvalue weighted by Crippen LogP contribution is -2.21. The first-order valence-corrected chi connectivity index (χ1v) is 4.16. The number of rotatable bonds is 0. The minimum absolute atomic E-state index is 0.499.